The molecule has 1 saturated heterocycles. The molecular weight excluding hydrogens is 228 g/mol. The zero-order valence-electron chi connectivity index (χ0n) is 8.42. The molecule has 5 nitrogen and oxygen atoms in total. The number of ether oxygens (including phenoxy) is 1. The SMILES string of the molecule is Oc1ccsc1-c1nc(C2CCOC2)no1. The van der Waals surface area contributed by atoms with E-state index in [0.717, 1.165) is 13.0 Å². The van der Waals surface area contributed by atoms with Gasteiger partial charge in [-0.2, -0.15) is 4.98 Å². The average Bonchev–Trinajstić information content (AvgIpc) is 2.96. The van der Waals surface area contributed by atoms with Gasteiger partial charge in [0, 0.05) is 12.5 Å². The predicted octanol–water partition coefficient (Wildman–Crippen LogP) is 2.01. The number of rotatable bonds is 2. The molecule has 2 aromatic heterocycles. The van der Waals surface area contributed by atoms with E-state index in [2.05, 4.69) is 10.1 Å². The first kappa shape index (κ1) is 9.80. The Hall–Kier alpha value is -1.40. The summed E-state index contributed by atoms with van der Waals surface area (Å²) >= 11 is 1.38. The molecule has 1 aliphatic heterocycles. The minimum absolute atomic E-state index is 0.183. The molecule has 1 aliphatic rings. The molecule has 16 heavy (non-hydrogen) atoms. The third-order valence-electron chi connectivity index (χ3n) is 2.58. The fraction of sp³-hybridized carbons (Fsp3) is 0.400. The summed E-state index contributed by atoms with van der Waals surface area (Å²) in [5.74, 6) is 1.46. The molecule has 1 fully saturated rings. The van der Waals surface area contributed by atoms with E-state index in [0.29, 0.717) is 23.2 Å². The molecule has 1 N–H and O–H groups in total. The van der Waals surface area contributed by atoms with Crippen LogP contribution >= 0.6 is 11.3 Å². The fourth-order valence-corrected chi connectivity index (χ4v) is 2.40. The van der Waals surface area contributed by atoms with E-state index in [1.165, 1.54) is 11.3 Å². The first-order valence-electron chi connectivity index (χ1n) is 5.03. The van der Waals surface area contributed by atoms with Crippen LogP contribution in [0.5, 0.6) is 5.75 Å². The van der Waals surface area contributed by atoms with Gasteiger partial charge in [0.25, 0.3) is 5.89 Å². The lowest BCUT2D eigenvalue weighted by molar-refractivity contribution is 0.192. The van der Waals surface area contributed by atoms with Crippen LogP contribution in [0, 0.1) is 0 Å². The van der Waals surface area contributed by atoms with Crippen molar-refractivity contribution in [3.8, 4) is 16.5 Å². The van der Waals surface area contributed by atoms with Crippen molar-refractivity contribution in [2.75, 3.05) is 13.2 Å². The summed E-state index contributed by atoms with van der Waals surface area (Å²) in [5, 5.41) is 15.2. The highest BCUT2D eigenvalue weighted by Crippen LogP contribution is 2.34. The van der Waals surface area contributed by atoms with E-state index >= 15 is 0 Å². The van der Waals surface area contributed by atoms with E-state index in [9.17, 15) is 5.11 Å². The van der Waals surface area contributed by atoms with Gasteiger partial charge >= 0.3 is 0 Å². The number of aromatic nitrogens is 2. The van der Waals surface area contributed by atoms with Crippen molar-refractivity contribution in [1.82, 2.24) is 10.1 Å². The summed E-state index contributed by atoms with van der Waals surface area (Å²) in [5.41, 5.74) is 0. The number of hydrogen-bond donors (Lipinski definition) is 1. The van der Waals surface area contributed by atoms with Gasteiger partial charge in [-0.15, -0.1) is 11.3 Å². The Morgan fingerprint density at radius 2 is 2.44 bits per heavy atom. The molecule has 0 aromatic carbocycles. The highest BCUT2D eigenvalue weighted by atomic mass is 32.1. The van der Waals surface area contributed by atoms with E-state index in [1.807, 2.05) is 0 Å². The molecular formula is C10H10N2O3S. The second-order valence-electron chi connectivity index (χ2n) is 3.65. The Morgan fingerprint density at radius 1 is 1.50 bits per heavy atom. The number of hydrogen-bond acceptors (Lipinski definition) is 6. The molecule has 1 unspecified atom stereocenters. The molecule has 0 spiro atoms. The molecule has 3 rings (SSSR count). The molecule has 0 bridgehead atoms. The maximum Gasteiger partial charge on any atom is 0.271 e. The zero-order valence-corrected chi connectivity index (χ0v) is 9.24. The number of thiophene rings is 1. The van der Waals surface area contributed by atoms with Crippen molar-refractivity contribution in [2.24, 2.45) is 0 Å². The van der Waals surface area contributed by atoms with E-state index < -0.39 is 0 Å². The van der Waals surface area contributed by atoms with Gasteiger partial charge in [-0.25, -0.2) is 0 Å². The lowest BCUT2D eigenvalue weighted by Gasteiger charge is -1.97. The lowest BCUT2D eigenvalue weighted by atomic mass is 10.1. The molecule has 2 aromatic rings. The third-order valence-corrected chi connectivity index (χ3v) is 3.47. The van der Waals surface area contributed by atoms with Gasteiger partial charge in [0.1, 0.15) is 10.6 Å². The normalized spacial score (nSPS) is 20.4. The summed E-state index contributed by atoms with van der Waals surface area (Å²) in [6, 6.07) is 1.61. The maximum absolute atomic E-state index is 9.54. The van der Waals surface area contributed by atoms with E-state index in [1.54, 1.807) is 11.4 Å². The van der Waals surface area contributed by atoms with Crippen LogP contribution in [0.4, 0.5) is 0 Å². The molecule has 0 radical (unpaired) electrons. The molecule has 6 heteroatoms. The quantitative estimate of drug-likeness (QED) is 0.866. The topological polar surface area (TPSA) is 68.4 Å². The number of aromatic hydroxyl groups is 1. The van der Waals surface area contributed by atoms with Crippen LogP contribution in [0.2, 0.25) is 0 Å². The van der Waals surface area contributed by atoms with Gasteiger partial charge in [0.15, 0.2) is 5.82 Å². The van der Waals surface area contributed by atoms with Gasteiger partial charge in [0.2, 0.25) is 0 Å². The highest BCUT2D eigenvalue weighted by molar-refractivity contribution is 7.13. The van der Waals surface area contributed by atoms with E-state index in [4.69, 9.17) is 9.26 Å². The van der Waals surface area contributed by atoms with Crippen molar-refractivity contribution in [3.05, 3.63) is 17.3 Å². The second-order valence-corrected chi connectivity index (χ2v) is 4.57. The van der Waals surface area contributed by atoms with Crippen molar-refractivity contribution < 1.29 is 14.4 Å². The molecule has 0 saturated carbocycles. The highest BCUT2D eigenvalue weighted by Gasteiger charge is 2.24. The summed E-state index contributed by atoms with van der Waals surface area (Å²) in [4.78, 5) is 4.91. The van der Waals surface area contributed by atoms with Crippen molar-refractivity contribution in [1.29, 1.82) is 0 Å². The Balaban J connectivity index is 1.90. The Morgan fingerprint density at radius 3 is 3.12 bits per heavy atom. The third kappa shape index (κ3) is 1.60. The largest absolute Gasteiger partial charge is 0.506 e. The smallest absolute Gasteiger partial charge is 0.271 e. The van der Waals surface area contributed by atoms with Crippen LogP contribution in [0.25, 0.3) is 10.8 Å². The molecule has 0 aliphatic carbocycles. The monoisotopic (exact) mass is 238 g/mol. The van der Waals surface area contributed by atoms with Crippen LogP contribution in [0.3, 0.4) is 0 Å². The lowest BCUT2D eigenvalue weighted by Crippen LogP contribution is -1.99. The van der Waals surface area contributed by atoms with Crippen molar-refractivity contribution in [2.45, 2.75) is 12.3 Å². The van der Waals surface area contributed by atoms with Gasteiger partial charge in [-0.3, -0.25) is 0 Å². The van der Waals surface area contributed by atoms with Crippen LogP contribution < -0.4 is 0 Å². The Kier molecular flexibility index (Phi) is 2.37. The van der Waals surface area contributed by atoms with Gasteiger partial charge in [0.05, 0.1) is 6.61 Å². The van der Waals surface area contributed by atoms with E-state index in [-0.39, 0.29) is 11.7 Å². The first-order valence-corrected chi connectivity index (χ1v) is 5.91. The molecule has 0 amide bonds. The standard InChI is InChI=1S/C10H10N2O3S/c13-7-2-4-16-8(7)10-11-9(12-15-10)6-1-3-14-5-6/h2,4,6,13H,1,3,5H2. The minimum Gasteiger partial charge on any atom is -0.506 e. The first-order chi connectivity index (χ1) is 7.84. The van der Waals surface area contributed by atoms with Crippen LogP contribution in [-0.2, 0) is 4.74 Å². The minimum atomic E-state index is 0.183. The number of nitrogens with zero attached hydrogens (tertiary/aromatic N) is 2. The maximum atomic E-state index is 9.54. The van der Waals surface area contributed by atoms with Crippen LogP contribution in [0.15, 0.2) is 16.0 Å². The summed E-state index contributed by atoms with van der Waals surface area (Å²) in [6.45, 7) is 1.40. The van der Waals surface area contributed by atoms with Gasteiger partial charge in [-0.05, 0) is 17.9 Å². The zero-order chi connectivity index (χ0) is 11.0. The summed E-state index contributed by atoms with van der Waals surface area (Å²) in [7, 11) is 0. The van der Waals surface area contributed by atoms with Crippen LogP contribution in [-0.4, -0.2) is 28.5 Å². The average molecular weight is 238 g/mol. The molecule has 84 valence electrons. The summed E-state index contributed by atoms with van der Waals surface area (Å²) in [6.07, 6.45) is 0.926. The van der Waals surface area contributed by atoms with Crippen LogP contribution in [0.1, 0.15) is 18.2 Å². The van der Waals surface area contributed by atoms with Gasteiger partial charge < -0.3 is 14.4 Å². The fourth-order valence-electron chi connectivity index (χ4n) is 1.69. The summed E-state index contributed by atoms with van der Waals surface area (Å²) < 4.78 is 10.4. The predicted molar refractivity (Wildman–Crippen MR) is 57.5 cm³/mol. The Labute approximate surface area is 95.7 Å². The van der Waals surface area contributed by atoms with Crippen molar-refractivity contribution >= 4 is 11.3 Å². The van der Waals surface area contributed by atoms with Gasteiger partial charge in [-0.1, -0.05) is 5.16 Å². The molecule has 1 atom stereocenters. The Bertz CT molecular complexity index is 488. The molecule has 3 heterocycles. The van der Waals surface area contributed by atoms with Crippen molar-refractivity contribution in [3.63, 3.8) is 0 Å². The second kappa shape index (κ2) is 3.88.